The molecule has 0 atom stereocenters. The topological polar surface area (TPSA) is 69.0 Å². The second kappa shape index (κ2) is 11.6. The lowest BCUT2D eigenvalue weighted by molar-refractivity contribution is -0.123. The third kappa shape index (κ3) is 5.77. The number of benzene rings is 2. The normalized spacial score (nSPS) is 17.8. The number of morpholine rings is 1. The Bertz CT molecular complexity index is 1240. The molecule has 2 aliphatic rings. The van der Waals surface area contributed by atoms with Crippen molar-refractivity contribution in [1.29, 1.82) is 5.26 Å². The van der Waals surface area contributed by atoms with Crippen molar-refractivity contribution < 1.29 is 14.3 Å². The first-order chi connectivity index (χ1) is 17.6. The van der Waals surface area contributed by atoms with E-state index in [2.05, 4.69) is 58.7 Å². The fourth-order valence-electron chi connectivity index (χ4n) is 4.82. The Balaban J connectivity index is 1.37. The number of carbonyl (C=O) groups is 1. The molecule has 0 N–H and O–H groups in total. The van der Waals surface area contributed by atoms with E-state index in [-0.39, 0.29) is 5.91 Å². The number of hydrogen-bond acceptors (Lipinski definition) is 6. The summed E-state index contributed by atoms with van der Waals surface area (Å²) < 4.78 is 12.4. The molecule has 0 aliphatic carbocycles. The maximum Gasteiger partial charge on any atom is 0.258 e. The molecule has 2 heterocycles. The van der Waals surface area contributed by atoms with Gasteiger partial charge in [-0.3, -0.25) is 14.6 Å². The predicted molar refractivity (Wildman–Crippen MR) is 157 cm³/mol. The largest absolute Gasteiger partial charge is 0.493 e. The standard InChI is InChI=1S/C28H33IN4O3S/c1-19-16-21(18-31-11-14-35-15-12-31)6-9-24(19)36-13-5-10-32-27(37)33(26(34)28(32,3)4)23-8-7-22(17-30)25(29)20(23)2/h6-9,16H,5,10-15,18H2,1-4H3. The van der Waals surface area contributed by atoms with Crippen LogP contribution in [0, 0.1) is 28.7 Å². The molecule has 196 valence electrons. The molecule has 7 nitrogen and oxygen atoms in total. The van der Waals surface area contributed by atoms with Gasteiger partial charge in [0.05, 0.1) is 31.1 Å². The minimum atomic E-state index is -0.764. The minimum Gasteiger partial charge on any atom is -0.493 e. The summed E-state index contributed by atoms with van der Waals surface area (Å²) in [5, 5.41) is 9.83. The van der Waals surface area contributed by atoms with Crippen LogP contribution in [-0.4, -0.2) is 65.8 Å². The maximum atomic E-state index is 13.4. The monoisotopic (exact) mass is 632 g/mol. The molecule has 2 saturated heterocycles. The molecular weight excluding hydrogens is 599 g/mol. The molecule has 0 aromatic heterocycles. The Morgan fingerprint density at radius 2 is 1.92 bits per heavy atom. The van der Waals surface area contributed by atoms with Crippen LogP contribution in [-0.2, 0) is 16.1 Å². The van der Waals surface area contributed by atoms with Gasteiger partial charge >= 0.3 is 0 Å². The molecule has 2 aromatic rings. The molecule has 0 radical (unpaired) electrons. The van der Waals surface area contributed by atoms with E-state index in [0.717, 1.165) is 65.4 Å². The number of anilines is 1. The lowest BCUT2D eigenvalue weighted by atomic mass is 10.0. The van der Waals surface area contributed by atoms with Crippen LogP contribution in [0.25, 0.3) is 0 Å². The molecule has 2 aliphatic heterocycles. The maximum absolute atomic E-state index is 13.4. The molecule has 2 aromatic carbocycles. The third-order valence-electron chi connectivity index (χ3n) is 7.08. The van der Waals surface area contributed by atoms with Crippen molar-refractivity contribution in [3.63, 3.8) is 0 Å². The van der Waals surface area contributed by atoms with Crippen LogP contribution in [0.15, 0.2) is 30.3 Å². The lowest BCUT2D eigenvalue weighted by Gasteiger charge is -2.29. The Labute approximate surface area is 238 Å². The van der Waals surface area contributed by atoms with Gasteiger partial charge in [0.15, 0.2) is 5.11 Å². The first-order valence-corrected chi connectivity index (χ1v) is 14.0. The highest BCUT2D eigenvalue weighted by atomic mass is 127. The van der Waals surface area contributed by atoms with Crippen molar-refractivity contribution in [2.24, 2.45) is 0 Å². The SMILES string of the molecule is Cc1cc(CN2CCOCC2)ccc1OCCCN1C(=S)N(c2ccc(C#N)c(I)c2C)C(=O)C1(C)C. The average molecular weight is 633 g/mol. The van der Waals surface area contributed by atoms with Gasteiger partial charge in [-0.2, -0.15) is 5.26 Å². The number of ether oxygens (including phenoxy) is 2. The van der Waals surface area contributed by atoms with Gasteiger partial charge in [-0.1, -0.05) is 12.1 Å². The first-order valence-electron chi connectivity index (χ1n) is 12.5. The van der Waals surface area contributed by atoms with Gasteiger partial charge < -0.3 is 14.4 Å². The van der Waals surface area contributed by atoms with Gasteiger partial charge in [0.25, 0.3) is 5.91 Å². The Morgan fingerprint density at radius 3 is 2.59 bits per heavy atom. The van der Waals surface area contributed by atoms with E-state index in [0.29, 0.717) is 23.8 Å². The highest BCUT2D eigenvalue weighted by Gasteiger charge is 2.49. The number of nitriles is 1. The quantitative estimate of drug-likeness (QED) is 0.236. The number of thiocarbonyl (C=S) groups is 1. The molecule has 2 fully saturated rings. The predicted octanol–water partition coefficient (Wildman–Crippen LogP) is 4.79. The number of nitrogens with zero attached hydrogens (tertiary/aromatic N) is 4. The molecule has 4 rings (SSSR count). The van der Waals surface area contributed by atoms with Crippen LogP contribution < -0.4 is 9.64 Å². The second-order valence-electron chi connectivity index (χ2n) is 10.0. The number of aryl methyl sites for hydroxylation is 1. The zero-order chi connectivity index (χ0) is 26.7. The van der Waals surface area contributed by atoms with Gasteiger partial charge in [0.1, 0.15) is 17.4 Å². The zero-order valence-corrected chi connectivity index (χ0v) is 24.8. The first kappa shape index (κ1) is 27.8. The number of halogens is 1. The van der Waals surface area contributed by atoms with E-state index in [9.17, 15) is 10.1 Å². The van der Waals surface area contributed by atoms with E-state index in [1.807, 2.05) is 31.7 Å². The fraction of sp³-hybridized carbons (Fsp3) is 0.464. The summed E-state index contributed by atoms with van der Waals surface area (Å²) in [4.78, 5) is 19.4. The molecule has 0 unspecified atom stereocenters. The highest BCUT2D eigenvalue weighted by molar-refractivity contribution is 14.1. The number of hydrogen-bond donors (Lipinski definition) is 0. The lowest BCUT2D eigenvalue weighted by Crippen LogP contribution is -2.44. The molecule has 0 spiro atoms. The molecule has 0 saturated carbocycles. The van der Waals surface area contributed by atoms with Crippen molar-refractivity contribution in [2.75, 3.05) is 44.4 Å². The van der Waals surface area contributed by atoms with Crippen molar-refractivity contribution in [3.8, 4) is 11.8 Å². The summed E-state index contributed by atoms with van der Waals surface area (Å²) in [6, 6.07) is 12.1. The van der Waals surface area contributed by atoms with Gasteiger partial charge in [0.2, 0.25) is 0 Å². The average Bonchev–Trinajstić information content (AvgIpc) is 3.04. The van der Waals surface area contributed by atoms with E-state index < -0.39 is 5.54 Å². The summed E-state index contributed by atoms with van der Waals surface area (Å²) in [5.41, 5.74) is 3.84. The number of amides is 1. The van der Waals surface area contributed by atoms with Crippen molar-refractivity contribution >= 4 is 51.5 Å². The highest BCUT2D eigenvalue weighted by Crippen LogP contribution is 2.36. The zero-order valence-electron chi connectivity index (χ0n) is 21.8. The second-order valence-corrected chi connectivity index (χ2v) is 11.5. The van der Waals surface area contributed by atoms with E-state index in [4.69, 9.17) is 21.7 Å². The Hall–Kier alpha value is -2.26. The van der Waals surface area contributed by atoms with Gasteiger partial charge in [-0.05, 0) is 104 Å². The summed E-state index contributed by atoms with van der Waals surface area (Å²) in [5.74, 6) is 0.822. The van der Waals surface area contributed by atoms with Gasteiger partial charge in [-0.25, -0.2) is 0 Å². The van der Waals surface area contributed by atoms with Crippen LogP contribution in [0.2, 0.25) is 0 Å². The molecule has 0 bridgehead atoms. The minimum absolute atomic E-state index is 0.0614. The van der Waals surface area contributed by atoms with Crippen LogP contribution in [0.1, 0.15) is 42.5 Å². The van der Waals surface area contributed by atoms with Crippen molar-refractivity contribution in [3.05, 3.63) is 56.2 Å². The molecule has 1 amide bonds. The van der Waals surface area contributed by atoms with Crippen molar-refractivity contribution in [1.82, 2.24) is 9.80 Å². The fourth-order valence-corrected chi connectivity index (χ4v) is 5.90. The summed E-state index contributed by atoms with van der Waals surface area (Å²) in [6.45, 7) is 13.4. The molecule has 9 heteroatoms. The Kier molecular flexibility index (Phi) is 8.74. The van der Waals surface area contributed by atoms with Crippen LogP contribution >= 0.6 is 34.8 Å². The number of rotatable bonds is 8. The molecular formula is C28H33IN4O3S. The third-order valence-corrected chi connectivity index (χ3v) is 8.87. The molecule has 37 heavy (non-hydrogen) atoms. The van der Waals surface area contributed by atoms with Crippen LogP contribution in [0.3, 0.4) is 0 Å². The van der Waals surface area contributed by atoms with Gasteiger partial charge in [0, 0.05) is 29.7 Å². The summed E-state index contributed by atoms with van der Waals surface area (Å²) >= 11 is 7.95. The summed E-state index contributed by atoms with van der Waals surface area (Å²) in [6.07, 6.45) is 0.726. The van der Waals surface area contributed by atoms with Gasteiger partial charge in [-0.15, -0.1) is 0 Å². The van der Waals surface area contributed by atoms with E-state index in [1.165, 1.54) is 5.56 Å². The van der Waals surface area contributed by atoms with Crippen LogP contribution in [0.5, 0.6) is 5.75 Å². The summed E-state index contributed by atoms with van der Waals surface area (Å²) in [7, 11) is 0. The van der Waals surface area contributed by atoms with E-state index >= 15 is 0 Å². The Morgan fingerprint density at radius 1 is 1.19 bits per heavy atom. The van der Waals surface area contributed by atoms with Crippen LogP contribution in [0.4, 0.5) is 5.69 Å². The smallest absolute Gasteiger partial charge is 0.258 e. The van der Waals surface area contributed by atoms with Crippen molar-refractivity contribution in [2.45, 2.75) is 46.2 Å². The van der Waals surface area contributed by atoms with E-state index in [1.54, 1.807) is 11.0 Å². The number of carbonyl (C=O) groups excluding carboxylic acids is 1.